The number of rotatable bonds is 13. The summed E-state index contributed by atoms with van der Waals surface area (Å²) in [5.74, 6) is -1.63. The maximum Gasteiger partial charge on any atom is 0.309 e. The van der Waals surface area contributed by atoms with Crippen LogP contribution in [0.3, 0.4) is 0 Å². The molecule has 0 radical (unpaired) electrons. The Morgan fingerprint density at radius 1 is 1.18 bits per heavy atom. The number of ether oxygens (including phenoxy) is 3. The number of fused-ring (bicyclic) bond motifs is 1. The van der Waals surface area contributed by atoms with E-state index in [-0.39, 0.29) is 37.3 Å². The van der Waals surface area contributed by atoms with E-state index in [1.54, 1.807) is 18.2 Å². The number of carboxylic acids is 1. The summed E-state index contributed by atoms with van der Waals surface area (Å²) in [4.78, 5) is 14.7. The first-order valence-electron chi connectivity index (χ1n) is 12.9. The number of sulfonamides is 1. The average molecular weight is 585 g/mol. The molecule has 0 amide bonds. The number of carbonyl (C=O) groups is 1. The molecule has 1 saturated heterocycles. The van der Waals surface area contributed by atoms with Crippen LogP contribution in [0, 0.1) is 11.7 Å². The maximum atomic E-state index is 14.8. The molecule has 0 saturated carbocycles. The molecule has 0 bridgehead atoms. The molecule has 9 nitrogen and oxygen atoms in total. The van der Waals surface area contributed by atoms with E-state index < -0.39 is 39.7 Å². The molecule has 3 atom stereocenters. The molecule has 1 fully saturated rings. The van der Waals surface area contributed by atoms with E-state index in [1.165, 1.54) is 23.5 Å². The van der Waals surface area contributed by atoms with Crippen LogP contribution >= 0.6 is 11.6 Å². The molecule has 1 N–H and O–H groups in total. The lowest BCUT2D eigenvalue weighted by molar-refractivity contribution is -0.143. The first-order valence-corrected chi connectivity index (χ1v) is 15.1. The van der Waals surface area contributed by atoms with Crippen molar-refractivity contribution in [2.24, 2.45) is 5.92 Å². The predicted molar refractivity (Wildman–Crippen MR) is 145 cm³/mol. The summed E-state index contributed by atoms with van der Waals surface area (Å²) in [6.45, 7) is 3.11. The van der Waals surface area contributed by atoms with Crippen LogP contribution in [-0.4, -0.2) is 80.4 Å². The van der Waals surface area contributed by atoms with E-state index >= 15 is 0 Å². The Kier molecular flexibility index (Phi) is 9.58. The average Bonchev–Trinajstić information content (AvgIpc) is 3.54. The third kappa shape index (κ3) is 6.42. The normalized spacial score (nSPS) is 21.0. The molecule has 0 aliphatic carbocycles. The number of alkyl halides is 1. The van der Waals surface area contributed by atoms with Crippen molar-refractivity contribution in [3.05, 3.63) is 53.3 Å². The minimum atomic E-state index is -3.54. The molecule has 2 aliphatic rings. The number of likely N-dealkylation sites (tertiary alicyclic amines) is 1. The second-order valence-electron chi connectivity index (χ2n) is 9.67. The zero-order valence-corrected chi connectivity index (χ0v) is 23.6. The number of aliphatic carboxylic acids is 1. The lowest BCUT2D eigenvalue weighted by Gasteiger charge is -2.30. The number of hydrogen-bond acceptors (Lipinski definition) is 7. The van der Waals surface area contributed by atoms with E-state index in [1.807, 2.05) is 17.9 Å². The maximum absolute atomic E-state index is 14.8. The van der Waals surface area contributed by atoms with Crippen LogP contribution in [0.2, 0.25) is 0 Å². The van der Waals surface area contributed by atoms with Gasteiger partial charge in [0.2, 0.25) is 16.8 Å². The van der Waals surface area contributed by atoms with Crippen molar-refractivity contribution in [3.8, 4) is 17.2 Å². The van der Waals surface area contributed by atoms with Crippen LogP contribution in [0.1, 0.15) is 42.9 Å². The topological polar surface area (TPSA) is 106 Å². The van der Waals surface area contributed by atoms with Gasteiger partial charge in [0.05, 0.1) is 18.8 Å². The van der Waals surface area contributed by atoms with Gasteiger partial charge in [0.15, 0.2) is 23.1 Å². The fraction of sp³-hybridized carbons (Fsp3) is 0.519. The third-order valence-corrected chi connectivity index (χ3v) is 9.49. The van der Waals surface area contributed by atoms with Gasteiger partial charge >= 0.3 is 5.97 Å². The second-order valence-corrected chi connectivity index (χ2v) is 12.1. The molecular formula is C27H34ClFN2O7S. The number of benzene rings is 2. The zero-order valence-electron chi connectivity index (χ0n) is 22.0. The van der Waals surface area contributed by atoms with E-state index in [0.717, 1.165) is 5.56 Å². The molecule has 0 spiro atoms. The first kappa shape index (κ1) is 29.4. The van der Waals surface area contributed by atoms with Crippen LogP contribution in [-0.2, 0) is 14.8 Å². The highest BCUT2D eigenvalue weighted by atomic mass is 35.5. The molecular weight excluding hydrogens is 551 g/mol. The van der Waals surface area contributed by atoms with E-state index in [2.05, 4.69) is 0 Å². The van der Waals surface area contributed by atoms with Crippen molar-refractivity contribution in [2.75, 3.05) is 51.7 Å². The Bertz CT molecular complexity index is 1280. The Labute approximate surface area is 233 Å². The SMILES string of the molecule is CCCN(CCN1CC(c2ccc3c(c2)OCO3)C(C(=O)O)C1c1ccc(OC)c(F)c1)S(=O)(=O)CCCCl. The minimum Gasteiger partial charge on any atom is -0.494 e. The Balaban J connectivity index is 1.69. The van der Waals surface area contributed by atoms with Crippen molar-refractivity contribution < 1.29 is 36.9 Å². The van der Waals surface area contributed by atoms with Gasteiger partial charge in [-0.15, -0.1) is 11.6 Å². The molecule has 0 aromatic heterocycles. The molecule has 2 aliphatic heterocycles. The summed E-state index contributed by atoms with van der Waals surface area (Å²) in [5, 5.41) is 10.4. The molecule has 2 aromatic carbocycles. The molecule has 2 heterocycles. The fourth-order valence-electron chi connectivity index (χ4n) is 5.45. The Morgan fingerprint density at radius 2 is 1.92 bits per heavy atom. The quantitative estimate of drug-likeness (QED) is 0.351. The van der Waals surface area contributed by atoms with Crippen LogP contribution in [0.5, 0.6) is 17.2 Å². The number of nitrogens with zero attached hydrogens (tertiary/aromatic N) is 2. The van der Waals surface area contributed by atoms with Crippen LogP contribution in [0.4, 0.5) is 4.39 Å². The van der Waals surface area contributed by atoms with E-state index in [9.17, 15) is 22.7 Å². The van der Waals surface area contributed by atoms with Crippen molar-refractivity contribution in [2.45, 2.75) is 31.7 Å². The summed E-state index contributed by atoms with van der Waals surface area (Å²) in [7, 11) is -2.18. The van der Waals surface area contributed by atoms with Gasteiger partial charge in [-0.25, -0.2) is 17.1 Å². The highest BCUT2D eigenvalue weighted by Gasteiger charge is 2.48. The van der Waals surface area contributed by atoms with Crippen LogP contribution < -0.4 is 14.2 Å². The molecule has 3 unspecified atom stereocenters. The van der Waals surface area contributed by atoms with Crippen molar-refractivity contribution in [1.29, 1.82) is 0 Å². The van der Waals surface area contributed by atoms with Gasteiger partial charge in [-0.2, -0.15) is 0 Å². The van der Waals surface area contributed by atoms with Crippen LogP contribution in [0.25, 0.3) is 0 Å². The molecule has 12 heteroatoms. The minimum absolute atomic E-state index is 0.0544. The van der Waals surface area contributed by atoms with Gasteiger partial charge in [0, 0.05) is 44.0 Å². The van der Waals surface area contributed by atoms with Gasteiger partial charge < -0.3 is 19.3 Å². The lowest BCUT2D eigenvalue weighted by Crippen LogP contribution is -2.40. The van der Waals surface area contributed by atoms with Gasteiger partial charge in [0.1, 0.15) is 0 Å². The van der Waals surface area contributed by atoms with Gasteiger partial charge in [-0.05, 0) is 48.2 Å². The fourth-order valence-corrected chi connectivity index (χ4v) is 7.33. The summed E-state index contributed by atoms with van der Waals surface area (Å²) in [6.07, 6.45) is 0.972. The van der Waals surface area contributed by atoms with E-state index in [0.29, 0.717) is 43.0 Å². The zero-order chi connectivity index (χ0) is 28.2. The van der Waals surface area contributed by atoms with E-state index in [4.69, 9.17) is 25.8 Å². The number of hydrogen-bond donors (Lipinski definition) is 1. The number of carboxylic acid groups (broad SMARTS) is 1. The molecule has 39 heavy (non-hydrogen) atoms. The first-order chi connectivity index (χ1) is 18.7. The van der Waals surface area contributed by atoms with Crippen LogP contribution in [0.15, 0.2) is 36.4 Å². The molecule has 4 rings (SSSR count). The summed E-state index contributed by atoms with van der Waals surface area (Å²) in [6, 6.07) is 9.12. The number of halogens is 2. The third-order valence-electron chi connectivity index (χ3n) is 7.26. The smallest absolute Gasteiger partial charge is 0.309 e. The Hall–Kier alpha value is -2.60. The second kappa shape index (κ2) is 12.7. The van der Waals surface area contributed by atoms with Crippen molar-refractivity contribution in [3.63, 3.8) is 0 Å². The molecule has 214 valence electrons. The Morgan fingerprint density at radius 3 is 2.59 bits per heavy atom. The highest BCUT2D eigenvalue weighted by molar-refractivity contribution is 7.89. The van der Waals surface area contributed by atoms with Gasteiger partial charge in [-0.1, -0.05) is 19.1 Å². The monoisotopic (exact) mass is 584 g/mol. The highest BCUT2D eigenvalue weighted by Crippen LogP contribution is 2.48. The summed E-state index contributed by atoms with van der Waals surface area (Å²) < 4.78 is 58.2. The summed E-state index contributed by atoms with van der Waals surface area (Å²) in [5.41, 5.74) is 1.24. The van der Waals surface area contributed by atoms with Crippen molar-refractivity contribution >= 4 is 27.6 Å². The van der Waals surface area contributed by atoms with Gasteiger partial charge in [-0.3, -0.25) is 9.69 Å². The lowest BCUT2D eigenvalue weighted by atomic mass is 9.82. The largest absolute Gasteiger partial charge is 0.494 e. The molecule has 2 aromatic rings. The van der Waals surface area contributed by atoms with Gasteiger partial charge in [0.25, 0.3) is 0 Å². The van der Waals surface area contributed by atoms with Crippen molar-refractivity contribution in [1.82, 2.24) is 9.21 Å². The standard InChI is InChI=1S/C27H34ClFN2O7S/c1-3-10-31(39(34,35)13-4-9-28)12-11-30-16-20(18-5-8-23-24(15-18)38-17-37-23)25(27(32)33)26(30)19-6-7-22(36-2)21(29)14-19/h5-8,14-15,20,25-26H,3-4,9-13,16-17H2,1-2H3,(H,32,33). The summed E-state index contributed by atoms with van der Waals surface area (Å²) >= 11 is 5.74. The number of methoxy groups -OCH3 is 1. The predicted octanol–water partition coefficient (Wildman–Crippen LogP) is 4.08.